The van der Waals surface area contributed by atoms with E-state index in [1.54, 1.807) is 13.8 Å². The Balaban J connectivity index is 1.53. The van der Waals surface area contributed by atoms with Gasteiger partial charge in [0.2, 0.25) is 11.8 Å². The third-order valence-corrected chi connectivity index (χ3v) is 9.24. The number of benzene rings is 1. The molecule has 1 aromatic heterocycles. The molecule has 4 heterocycles. The second-order valence-corrected chi connectivity index (χ2v) is 12.9. The first-order chi connectivity index (χ1) is 22.0. The number of carbonyl (C=O) groups is 4. The van der Waals surface area contributed by atoms with Crippen LogP contribution in [0.15, 0.2) is 36.4 Å². The maximum atomic E-state index is 14.1. The Bertz CT molecular complexity index is 1560. The Labute approximate surface area is 269 Å². The average Bonchev–Trinajstić information content (AvgIpc) is 3.05. The summed E-state index contributed by atoms with van der Waals surface area (Å²) < 4.78 is 5.80. The highest BCUT2D eigenvalue weighted by Crippen LogP contribution is 2.35. The Morgan fingerprint density at radius 3 is 2.52 bits per heavy atom. The summed E-state index contributed by atoms with van der Waals surface area (Å²) in [6.45, 7) is 8.80. The zero-order chi connectivity index (χ0) is 33.0. The van der Waals surface area contributed by atoms with Gasteiger partial charge in [0.1, 0.15) is 24.2 Å². The first kappa shape index (κ1) is 33.0. The zero-order valence-corrected chi connectivity index (χ0v) is 26.9. The number of fused-ring (bicyclic) bond motifs is 4. The number of amides is 3. The van der Waals surface area contributed by atoms with Crippen LogP contribution < -0.4 is 16.1 Å². The second kappa shape index (κ2) is 14.0. The average molecular weight is 630 g/mol. The van der Waals surface area contributed by atoms with Gasteiger partial charge >= 0.3 is 5.97 Å². The van der Waals surface area contributed by atoms with Gasteiger partial charge in [-0.25, -0.2) is 10.4 Å². The van der Waals surface area contributed by atoms with E-state index in [0.717, 1.165) is 10.9 Å². The number of rotatable bonds is 2. The van der Waals surface area contributed by atoms with Gasteiger partial charge in [0.15, 0.2) is 0 Å². The summed E-state index contributed by atoms with van der Waals surface area (Å²) in [6, 6.07) is 9.27. The molecule has 1 aromatic carbocycles. The largest absolute Gasteiger partial charge is 0.455 e. The number of cyclic esters (lactones) is 1. The van der Waals surface area contributed by atoms with Gasteiger partial charge in [-0.2, -0.15) is 5.26 Å². The van der Waals surface area contributed by atoms with Gasteiger partial charge in [-0.15, -0.1) is 0 Å². The van der Waals surface area contributed by atoms with E-state index in [4.69, 9.17) is 9.72 Å². The molecule has 244 valence electrons. The highest BCUT2D eigenvalue weighted by molar-refractivity contribution is 5.94. The van der Waals surface area contributed by atoms with Crippen LogP contribution in [0.1, 0.15) is 70.7 Å². The van der Waals surface area contributed by atoms with E-state index in [1.165, 1.54) is 5.01 Å². The number of nitrogens with one attached hydrogen (secondary N) is 3. The third-order valence-electron chi connectivity index (χ3n) is 9.24. The van der Waals surface area contributed by atoms with E-state index in [0.29, 0.717) is 56.5 Å². The van der Waals surface area contributed by atoms with Crippen molar-refractivity contribution in [2.24, 2.45) is 11.3 Å². The van der Waals surface area contributed by atoms with Crippen molar-refractivity contribution in [2.45, 2.75) is 77.6 Å². The molecule has 0 unspecified atom stereocenters. The summed E-state index contributed by atoms with van der Waals surface area (Å²) in [7, 11) is 0. The molecule has 2 saturated heterocycles. The molecule has 0 aliphatic carbocycles. The number of hydrogen-bond donors (Lipinski definition) is 3. The van der Waals surface area contributed by atoms with Crippen LogP contribution in [-0.4, -0.2) is 82.9 Å². The molecule has 46 heavy (non-hydrogen) atoms. The lowest BCUT2D eigenvalue weighted by Crippen LogP contribution is -2.61. The number of nitriles is 1. The summed E-state index contributed by atoms with van der Waals surface area (Å²) in [6.07, 6.45) is 5.20. The number of piperidine rings is 1. The lowest BCUT2D eigenvalue weighted by Gasteiger charge is -2.39. The fourth-order valence-corrected chi connectivity index (χ4v) is 6.27. The lowest BCUT2D eigenvalue weighted by molar-refractivity contribution is -0.157. The van der Waals surface area contributed by atoms with Crippen LogP contribution >= 0.6 is 0 Å². The predicted octanol–water partition coefficient (Wildman–Crippen LogP) is 2.61. The molecule has 3 amide bonds. The molecule has 1 spiro atoms. The smallest absolute Gasteiger partial charge is 0.325 e. The minimum atomic E-state index is -0.917. The van der Waals surface area contributed by atoms with Crippen LogP contribution in [0.2, 0.25) is 0 Å². The number of esters is 1. The summed E-state index contributed by atoms with van der Waals surface area (Å²) in [5.74, 6) is -1.88. The summed E-state index contributed by atoms with van der Waals surface area (Å²) >= 11 is 0. The van der Waals surface area contributed by atoms with Crippen LogP contribution in [0.5, 0.6) is 0 Å². The maximum Gasteiger partial charge on any atom is 0.325 e. The molecule has 0 saturated carbocycles. The molecule has 3 aliphatic heterocycles. The standard InChI is InChI=1S/C34H43N7O5/c1-21(2)29-30(42)36-22(3)31(43)41-16-5-6-27(39-41)32(44)46-23(4)26-10-9-25-8-7-24(20-28(25)37-26)11-12-34(33(45)38-29)13-17-40(18-14-34)19-15-35/h7-12,20-23,27,29,39H,5-6,13-14,16-19H2,1-4H3,(H,36,42)(H,38,45)/t22-,23+,27-,29-/m0/s1. The summed E-state index contributed by atoms with van der Waals surface area (Å²) in [5, 5.41) is 17.3. The van der Waals surface area contributed by atoms with E-state index in [9.17, 15) is 24.4 Å². The fraction of sp³-hybridized carbons (Fsp3) is 0.529. The minimum absolute atomic E-state index is 0.262. The van der Waals surface area contributed by atoms with Gasteiger partial charge in [-0.05, 0) is 63.1 Å². The highest BCUT2D eigenvalue weighted by Gasteiger charge is 2.42. The second-order valence-electron chi connectivity index (χ2n) is 12.9. The number of hydrogen-bond acceptors (Lipinski definition) is 9. The van der Waals surface area contributed by atoms with E-state index in [-0.39, 0.29) is 18.4 Å². The Morgan fingerprint density at radius 1 is 1.07 bits per heavy atom. The third kappa shape index (κ3) is 7.21. The lowest BCUT2D eigenvalue weighted by atomic mass is 9.76. The predicted molar refractivity (Wildman–Crippen MR) is 171 cm³/mol. The van der Waals surface area contributed by atoms with Crippen molar-refractivity contribution >= 4 is 40.7 Å². The molecule has 4 atom stereocenters. The van der Waals surface area contributed by atoms with Gasteiger partial charge in [0.05, 0.1) is 29.2 Å². The molecule has 5 rings (SSSR count). The van der Waals surface area contributed by atoms with Gasteiger partial charge in [0.25, 0.3) is 5.91 Å². The summed E-state index contributed by atoms with van der Waals surface area (Å²) in [5.41, 5.74) is 4.22. The van der Waals surface area contributed by atoms with Crippen LogP contribution in [0.3, 0.4) is 0 Å². The molecule has 5 bridgehead atoms. The molecular weight excluding hydrogens is 586 g/mol. The van der Waals surface area contributed by atoms with Gasteiger partial charge in [-0.3, -0.25) is 29.1 Å². The van der Waals surface area contributed by atoms with E-state index < -0.39 is 47.4 Å². The number of hydrazine groups is 1. The molecule has 0 radical (unpaired) electrons. The monoisotopic (exact) mass is 629 g/mol. The Kier molecular flexibility index (Phi) is 10.0. The number of carbonyl (C=O) groups excluding carboxylic acids is 4. The van der Waals surface area contributed by atoms with Crippen molar-refractivity contribution in [3.8, 4) is 6.07 Å². The molecule has 3 N–H and O–H groups in total. The van der Waals surface area contributed by atoms with E-state index in [2.05, 4.69) is 22.1 Å². The van der Waals surface area contributed by atoms with Gasteiger partial charge in [0, 0.05) is 25.0 Å². The zero-order valence-electron chi connectivity index (χ0n) is 26.9. The first-order valence-electron chi connectivity index (χ1n) is 16.1. The Hall–Kier alpha value is -4.34. The summed E-state index contributed by atoms with van der Waals surface area (Å²) in [4.78, 5) is 61.0. The van der Waals surface area contributed by atoms with Crippen LogP contribution in [-0.2, 0) is 23.9 Å². The van der Waals surface area contributed by atoms with Crippen molar-refractivity contribution in [1.82, 2.24) is 31.0 Å². The minimum Gasteiger partial charge on any atom is -0.455 e. The highest BCUT2D eigenvalue weighted by atomic mass is 16.5. The Morgan fingerprint density at radius 2 is 1.80 bits per heavy atom. The molecule has 2 fully saturated rings. The van der Waals surface area contributed by atoms with E-state index in [1.807, 2.05) is 61.2 Å². The van der Waals surface area contributed by atoms with Crippen molar-refractivity contribution in [1.29, 1.82) is 5.26 Å². The van der Waals surface area contributed by atoms with Crippen molar-refractivity contribution in [2.75, 3.05) is 26.2 Å². The van der Waals surface area contributed by atoms with Crippen molar-refractivity contribution in [3.63, 3.8) is 0 Å². The molecule has 3 aliphatic rings. The SMILES string of the molecule is CC(C)[C@@H]1NC(=O)C2(C=Cc3ccc4ccc(nc4c3)[C@@H](C)OC(=O)[C@@H]3CCCN(N3)C(=O)[C@H](C)NC1=O)CCN(CC#N)CC2. The van der Waals surface area contributed by atoms with E-state index >= 15 is 0 Å². The number of ether oxygens (including phenoxy) is 1. The van der Waals surface area contributed by atoms with Crippen LogP contribution in [0.25, 0.3) is 17.0 Å². The number of pyridine rings is 1. The van der Waals surface area contributed by atoms with Crippen LogP contribution in [0, 0.1) is 22.7 Å². The number of aromatic nitrogens is 1. The number of nitrogens with zero attached hydrogens (tertiary/aromatic N) is 4. The molecule has 12 heteroatoms. The van der Waals surface area contributed by atoms with Gasteiger partial charge < -0.3 is 15.4 Å². The number of likely N-dealkylation sites (tertiary alicyclic amines) is 1. The topological polar surface area (TPSA) is 157 Å². The van der Waals surface area contributed by atoms with Crippen LogP contribution in [0.4, 0.5) is 0 Å². The van der Waals surface area contributed by atoms with Crippen molar-refractivity contribution < 1.29 is 23.9 Å². The first-order valence-corrected chi connectivity index (χ1v) is 16.1. The fourth-order valence-electron chi connectivity index (χ4n) is 6.27. The van der Waals surface area contributed by atoms with Crippen molar-refractivity contribution in [3.05, 3.63) is 47.7 Å². The maximum absolute atomic E-state index is 14.1. The molecule has 2 aromatic rings. The molecular formula is C34H43N7O5. The normalized spacial score (nSPS) is 26.5. The van der Waals surface area contributed by atoms with Gasteiger partial charge in [-0.1, -0.05) is 44.2 Å². The molecule has 12 nitrogen and oxygen atoms in total. The quantitative estimate of drug-likeness (QED) is 0.336.